The predicted octanol–water partition coefficient (Wildman–Crippen LogP) is 2.00. The lowest BCUT2D eigenvalue weighted by Gasteiger charge is -2.14. The molecule has 0 unspecified atom stereocenters. The first-order valence-corrected chi connectivity index (χ1v) is 5.67. The fourth-order valence-electron chi connectivity index (χ4n) is 1.54. The monoisotopic (exact) mass is 308 g/mol. The fraction of sp³-hybridized carbons (Fsp3) is 0.417. The number of guanidine groups is 1. The number of methoxy groups -OCH3 is 1. The molecule has 0 saturated heterocycles. The predicted molar refractivity (Wildman–Crippen MR) is 85.3 cm³/mol. The van der Waals surface area contributed by atoms with Gasteiger partial charge in [-0.2, -0.15) is 0 Å². The van der Waals surface area contributed by atoms with Crippen molar-refractivity contribution in [2.45, 2.75) is 13.3 Å². The van der Waals surface area contributed by atoms with Gasteiger partial charge in [0.1, 0.15) is 5.75 Å². The van der Waals surface area contributed by atoms with Gasteiger partial charge in [0, 0.05) is 12.2 Å². The lowest BCUT2D eigenvalue weighted by atomic mass is 10.1. The number of hydrogen-bond donors (Lipinski definition) is 4. The molecule has 0 atom stereocenters. The van der Waals surface area contributed by atoms with Gasteiger partial charge in [-0.25, -0.2) is 0 Å². The van der Waals surface area contributed by atoms with Gasteiger partial charge in [0.25, 0.3) is 0 Å². The van der Waals surface area contributed by atoms with E-state index in [4.69, 9.17) is 15.9 Å². The maximum absolute atomic E-state index is 7.67. The lowest BCUT2D eigenvalue weighted by molar-refractivity contribution is 0.414. The van der Waals surface area contributed by atoms with Gasteiger partial charge in [-0.3, -0.25) is 5.41 Å². The molecule has 0 spiro atoms. The number of nitrogens with two attached hydrogens (primary N) is 1. The van der Waals surface area contributed by atoms with Crippen molar-refractivity contribution in [1.29, 1.82) is 5.41 Å². The number of rotatable bonds is 5. The summed E-state index contributed by atoms with van der Waals surface area (Å²) in [4.78, 5) is 0. The summed E-state index contributed by atoms with van der Waals surface area (Å²) in [5, 5.41) is 13.6. The van der Waals surface area contributed by atoms with Gasteiger partial charge in [-0.1, -0.05) is 0 Å². The minimum atomic E-state index is 0. The average molecular weight is 309 g/mol. The molecule has 19 heavy (non-hydrogen) atoms. The molecule has 0 aliphatic carbocycles. The Balaban J connectivity index is 0. The first-order chi connectivity index (χ1) is 8.21. The highest BCUT2D eigenvalue weighted by molar-refractivity contribution is 5.92. The quantitative estimate of drug-likeness (QED) is 0.495. The highest BCUT2D eigenvalue weighted by Crippen LogP contribution is 2.22. The van der Waals surface area contributed by atoms with Crippen molar-refractivity contribution < 1.29 is 4.74 Å². The molecule has 7 heteroatoms. The standard InChI is InChI=1S/C12H20N4O.2ClH/c1-3-15-12(14)16-11-5-4-10(17-2)8-9(11)6-7-13;;/h4-5,8H,3,6-7,13H2,1-2H3,(H3,14,15,16);2*1H. The van der Waals surface area contributed by atoms with E-state index in [2.05, 4.69) is 10.6 Å². The van der Waals surface area contributed by atoms with Crippen LogP contribution in [0.4, 0.5) is 5.69 Å². The Morgan fingerprint density at radius 2 is 2.05 bits per heavy atom. The van der Waals surface area contributed by atoms with Crippen LogP contribution in [0.25, 0.3) is 0 Å². The van der Waals surface area contributed by atoms with Crippen LogP contribution in [-0.2, 0) is 6.42 Å². The van der Waals surface area contributed by atoms with E-state index in [0.29, 0.717) is 13.1 Å². The second kappa shape index (κ2) is 10.7. The normalized spacial score (nSPS) is 8.79. The number of ether oxygens (including phenoxy) is 1. The van der Waals surface area contributed by atoms with Crippen molar-refractivity contribution in [2.24, 2.45) is 5.73 Å². The minimum absolute atomic E-state index is 0. The molecule has 0 radical (unpaired) electrons. The third-order valence-electron chi connectivity index (χ3n) is 2.34. The highest BCUT2D eigenvalue weighted by Gasteiger charge is 2.05. The molecule has 5 N–H and O–H groups in total. The van der Waals surface area contributed by atoms with Crippen LogP contribution in [-0.4, -0.2) is 26.2 Å². The van der Waals surface area contributed by atoms with Gasteiger partial charge in [0.05, 0.1) is 7.11 Å². The summed E-state index contributed by atoms with van der Waals surface area (Å²) in [7, 11) is 1.63. The van der Waals surface area contributed by atoms with Crippen LogP contribution in [0.15, 0.2) is 18.2 Å². The molecule has 110 valence electrons. The number of benzene rings is 1. The molecule has 0 saturated carbocycles. The summed E-state index contributed by atoms with van der Waals surface area (Å²) in [6, 6.07) is 5.70. The molecule has 0 heterocycles. The van der Waals surface area contributed by atoms with Crippen molar-refractivity contribution in [3.63, 3.8) is 0 Å². The molecule has 0 fully saturated rings. The summed E-state index contributed by atoms with van der Waals surface area (Å²) < 4.78 is 5.17. The number of halogens is 2. The van der Waals surface area contributed by atoms with E-state index in [-0.39, 0.29) is 30.8 Å². The van der Waals surface area contributed by atoms with Crippen molar-refractivity contribution in [1.82, 2.24) is 5.32 Å². The zero-order valence-corrected chi connectivity index (χ0v) is 12.8. The van der Waals surface area contributed by atoms with E-state index in [1.165, 1.54) is 0 Å². The number of hydrogen-bond acceptors (Lipinski definition) is 3. The van der Waals surface area contributed by atoms with Crippen molar-refractivity contribution in [3.05, 3.63) is 23.8 Å². The van der Waals surface area contributed by atoms with Crippen LogP contribution >= 0.6 is 24.8 Å². The van der Waals surface area contributed by atoms with Crippen molar-refractivity contribution in [2.75, 3.05) is 25.5 Å². The topological polar surface area (TPSA) is 83.2 Å². The van der Waals surface area contributed by atoms with E-state index in [0.717, 1.165) is 23.4 Å². The van der Waals surface area contributed by atoms with E-state index in [1.54, 1.807) is 7.11 Å². The zero-order valence-electron chi connectivity index (χ0n) is 11.2. The maximum Gasteiger partial charge on any atom is 0.192 e. The molecular weight excluding hydrogens is 287 g/mol. The zero-order chi connectivity index (χ0) is 12.7. The van der Waals surface area contributed by atoms with E-state index in [9.17, 15) is 0 Å². The summed E-state index contributed by atoms with van der Waals surface area (Å²) >= 11 is 0. The van der Waals surface area contributed by atoms with E-state index < -0.39 is 0 Å². The van der Waals surface area contributed by atoms with Crippen molar-refractivity contribution >= 4 is 36.5 Å². The van der Waals surface area contributed by atoms with Crippen LogP contribution in [0.3, 0.4) is 0 Å². The third kappa shape index (κ3) is 6.52. The first-order valence-electron chi connectivity index (χ1n) is 5.67. The largest absolute Gasteiger partial charge is 0.497 e. The molecule has 0 aliphatic rings. The molecule has 5 nitrogen and oxygen atoms in total. The SMILES string of the molecule is CCNC(=N)Nc1ccc(OC)cc1CCN.Cl.Cl. The Hall–Kier alpha value is -1.17. The third-order valence-corrected chi connectivity index (χ3v) is 2.34. The minimum Gasteiger partial charge on any atom is -0.497 e. The van der Waals surface area contributed by atoms with Gasteiger partial charge < -0.3 is 21.1 Å². The second-order valence-corrected chi connectivity index (χ2v) is 3.59. The second-order valence-electron chi connectivity index (χ2n) is 3.59. The molecular formula is C12H22Cl2N4O. The van der Waals surface area contributed by atoms with Crippen LogP contribution in [0.2, 0.25) is 0 Å². The van der Waals surface area contributed by atoms with Crippen LogP contribution in [0.5, 0.6) is 5.75 Å². The molecule has 0 bridgehead atoms. The summed E-state index contributed by atoms with van der Waals surface area (Å²) in [5.74, 6) is 1.09. The van der Waals surface area contributed by atoms with Gasteiger partial charge in [-0.05, 0) is 43.7 Å². The lowest BCUT2D eigenvalue weighted by Crippen LogP contribution is -2.29. The number of nitrogens with one attached hydrogen (secondary N) is 3. The van der Waals surface area contributed by atoms with Crippen LogP contribution in [0, 0.1) is 5.41 Å². The van der Waals surface area contributed by atoms with Crippen LogP contribution in [0.1, 0.15) is 12.5 Å². The smallest absolute Gasteiger partial charge is 0.192 e. The maximum atomic E-state index is 7.67. The number of anilines is 1. The molecule has 0 aliphatic heterocycles. The summed E-state index contributed by atoms with van der Waals surface area (Å²) in [6.07, 6.45) is 0.749. The van der Waals surface area contributed by atoms with Crippen molar-refractivity contribution in [3.8, 4) is 5.75 Å². The Bertz CT molecular complexity index is 388. The summed E-state index contributed by atoms with van der Waals surface area (Å²) in [5.41, 5.74) is 7.51. The van der Waals surface area contributed by atoms with E-state index >= 15 is 0 Å². The van der Waals surface area contributed by atoms with E-state index in [1.807, 2.05) is 25.1 Å². The van der Waals surface area contributed by atoms with Gasteiger partial charge in [-0.15, -0.1) is 24.8 Å². The molecule has 1 aromatic rings. The molecule has 0 amide bonds. The average Bonchev–Trinajstić information content (AvgIpc) is 2.32. The Kier molecular flexibility index (Phi) is 11.4. The van der Waals surface area contributed by atoms with Gasteiger partial charge in [0.2, 0.25) is 0 Å². The Morgan fingerprint density at radius 3 is 2.58 bits per heavy atom. The van der Waals surface area contributed by atoms with Gasteiger partial charge in [0.15, 0.2) is 5.96 Å². The molecule has 1 aromatic carbocycles. The fourth-order valence-corrected chi connectivity index (χ4v) is 1.54. The van der Waals surface area contributed by atoms with Gasteiger partial charge >= 0.3 is 0 Å². The Morgan fingerprint density at radius 1 is 1.37 bits per heavy atom. The summed E-state index contributed by atoms with van der Waals surface area (Å²) in [6.45, 7) is 3.23. The van der Waals surface area contributed by atoms with Crippen LogP contribution < -0.4 is 21.1 Å². The molecule has 0 aromatic heterocycles. The first kappa shape index (κ1) is 20.2. The Labute approximate surface area is 126 Å². The highest BCUT2D eigenvalue weighted by atomic mass is 35.5. The molecule has 1 rings (SSSR count).